The molecule has 14 heavy (non-hydrogen) atoms. The highest BCUT2D eigenvalue weighted by molar-refractivity contribution is 4.90. The topological polar surface area (TPSA) is 21.3 Å². The normalized spacial score (nSPS) is 28.9. The Balaban J connectivity index is 2.27. The van der Waals surface area contributed by atoms with Crippen molar-refractivity contribution in [2.45, 2.75) is 52.7 Å². The van der Waals surface area contributed by atoms with Crippen LogP contribution in [0.25, 0.3) is 0 Å². The maximum absolute atomic E-state index is 5.59. The first kappa shape index (κ1) is 12.0. The zero-order valence-corrected chi connectivity index (χ0v) is 10.0. The molecule has 1 aliphatic rings. The van der Waals surface area contributed by atoms with Gasteiger partial charge < -0.3 is 10.1 Å². The van der Waals surface area contributed by atoms with E-state index < -0.39 is 0 Å². The van der Waals surface area contributed by atoms with Crippen molar-refractivity contribution in [1.29, 1.82) is 0 Å². The fraction of sp³-hybridized carbons (Fsp3) is 1.00. The van der Waals surface area contributed by atoms with Gasteiger partial charge in [0.15, 0.2) is 0 Å². The van der Waals surface area contributed by atoms with Gasteiger partial charge in [-0.2, -0.15) is 0 Å². The number of hydrogen-bond donors (Lipinski definition) is 1. The molecule has 0 saturated heterocycles. The van der Waals surface area contributed by atoms with Gasteiger partial charge in [-0.3, -0.25) is 0 Å². The Morgan fingerprint density at radius 2 is 1.93 bits per heavy atom. The van der Waals surface area contributed by atoms with Gasteiger partial charge in [-0.1, -0.05) is 20.8 Å². The van der Waals surface area contributed by atoms with Crippen LogP contribution in [0.15, 0.2) is 0 Å². The molecule has 0 amide bonds. The number of hydrogen-bond acceptors (Lipinski definition) is 2. The van der Waals surface area contributed by atoms with Gasteiger partial charge in [-0.05, 0) is 38.1 Å². The average Bonchev–Trinajstić information content (AvgIpc) is 2.07. The van der Waals surface area contributed by atoms with E-state index in [2.05, 4.69) is 33.0 Å². The van der Waals surface area contributed by atoms with Crippen molar-refractivity contribution in [1.82, 2.24) is 5.32 Å². The summed E-state index contributed by atoms with van der Waals surface area (Å²) in [5.74, 6) is 1.58. The highest BCUT2D eigenvalue weighted by Gasteiger charge is 2.36. The van der Waals surface area contributed by atoms with Crippen LogP contribution in [0.5, 0.6) is 0 Å². The van der Waals surface area contributed by atoms with Crippen LogP contribution in [0.4, 0.5) is 0 Å². The second kappa shape index (κ2) is 5.72. The highest BCUT2D eigenvalue weighted by atomic mass is 16.5. The van der Waals surface area contributed by atoms with Crippen molar-refractivity contribution < 1.29 is 4.74 Å². The van der Waals surface area contributed by atoms with Crippen LogP contribution in [-0.4, -0.2) is 25.3 Å². The average molecular weight is 199 g/mol. The van der Waals surface area contributed by atoms with Crippen LogP contribution in [0, 0.1) is 11.8 Å². The van der Waals surface area contributed by atoms with Gasteiger partial charge >= 0.3 is 0 Å². The molecule has 0 bridgehead atoms. The predicted octanol–water partition coefficient (Wildman–Crippen LogP) is 2.44. The summed E-state index contributed by atoms with van der Waals surface area (Å²) in [4.78, 5) is 0. The van der Waals surface area contributed by atoms with E-state index in [1.807, 2.05) is 0 Å². The number of nitrogens with one attached hydrogen (secondary N) is 1. The molecule has 0 aromatic rings. The van der Waals surface area contributed by atoms with Crippen molar-refractivity contribution in [3.05, 3.63) is 0 Å². The molecule has 2 heteroatoms. The molecule has 1 unspecified atom stereocenters. The third-order valence-corrected chi connectivity index (χ3v) is 3.20. The van der Waals surface area contributed by atoms with E-state index >= 15 is 0 Å². The van der Waals surface area contributed by atoms with E-state index in [1.165, 1.54) is 12.8 Å². The smallest absolute Gasteiger partial charge is 0.0581 e. The summed E-state index contributed by atoms with van der Waals surface area (Å²) >= 11 is 0. The number of rotatable bonds is 6. The van der Waals surface area contributed by atoms with Gasteiger partial charge in [0.1, 0.15) is 0 Å². The van der Waals surface area contributed by atoms with E-state index in [0.29, 0.717) is 12.1 Å². The van der Waals surface area contributed by atoms with Crippen molar-refractivity contribution in [2.24, 2.45) is 11.8 Å². The van der Waals surface area contributed by atoms with Crippen LogP contribution >= 0.6 is 0 Å². The first-order valence-corrected chi connectivity index (χ1v) is 6.04. The molecule has 1 rings (SSSR count). The maximum Gasteiger partial charge on any atom is 0.0581 e. The summed E-state index contributed by atoms with van der Waals surface area (Å²) < 4.78 is 5.59. The molecule has 0 aromatic heterocycles. The minimum atomic E-state index is 0.546. The summed E-state index contributed by atoms with van der Waals surface area (Å²) in [5.41, 5.74) is 0. The molecule has 0 aliphatic heterocycles. The minimum Gasteiger partial charge on any atom is -0.378 e. The van der Waals surface area contributed by atoms with Crippen molar-refractivity contribution in [2.75, 3.05) is 13.2 Å². The molecule has 84 valence electrons. The molecule has 0 radical (unpaired) electrons. The lowest BCUT2D eigenvalue weighted by Gasteiger charge is -2.42. The third kappa shape index (κ3) is 2.96. The van der Waals surface area contributed by atoms with E-state index in [-0.39, 0.29) is 0 Å². The molecule has 1 fully saturated rings. The Labute approximate surface area is 88.4 Å². The van der Waals surface area contributed by atoms with Crippen LogP contribution in [0.3, 0.4) is 0 Å². The molecule has 0 aromatic carbocycles. The van der Waals surface area contributed by atoms with Crippen LogP contribution in [0.2, 0.25) is 0 Å². The summed E-state index contributed by atoms with van der Waals surface area (Å²) in [6.45, 7) is 10.8. The Bertz CT molecular complexity index is 152. The Kier molecular flexibility index (Phi) is 4.90. The first-order chi connectivity index (χ1) is 6.69. The largest absolute Gasteiger partial charge is 0.378 e. The van der Waals surface area contributed by atoms with Gasteiger partial charge in [0.25, 0.3) is 0 Å². The predicted molar refractivity (Wildman–Crippen MR) is 60.4 cm³/mol. The molecule has 1 aliphatic carbocycles. The number of ether oxygens (including phenoxy) is 1. The molecule has 0 heterocycles. The molecule has 0 spiro atoms. The minimum absolute atomic E-state index is 0.546. The second-order valence-corrected chi connectivity index (χ2v) is 4.64. The van der Waals surface area contributed by atoms with E-state index in [1.54, 1.807) is 0 Å². The van der Waals surface area contributed by atoms with Crippen molar-refractivity contribution in [3.63, 3.8) is 0 Å². The van der Waals surface area contributed by atoms with E-state index in [9.17, 15) is 0 Å². The molecular formula is C12H25NO. The lowest BCUT2D eigenvalue weighted by atomic mass is 9.73. The Morgan fingerprint density at radius 3 is 2.36 bits per heavy atom. The zero-order chi connectivity index (χ0) is 10.6. The van der Waals surface area contributed by atoms with Crippen LogP contribution in [0.1, 0.15) is 40.5 Å². The van der Waals surface area contributed by atoms with Crippen molar-refractivity contribution >= 4 is 0 Å². The molecular weight excluding hydrogens is 174 g/mol. The molecule has 1 N–H and O–H groups in total. The Hall–Kier alpha value is -0.0800. The zero-order valence-electron chi connectivity index (χ0n) is 10.0. The molecule has 2 nitrogen and oxygen atoms in total. The maximum atomic E-state index is 5.59. The Morgan fingerprint density at radius 1 is 1.29 bits per heavy atom. The fourth-order valence-electron chi connectivity index (χ4n) is 2.45. The van der Waals surface area contributed by atoms with Crippen LogP contribution < -0.4 is 5.32 Å². The summed E-state index contributed by atoms with van der Waals surface area (Å²) in [6.07, 6.45) is 3.05. The van der Waals surface area contributed by atoms with Gasteiger partial charge in [-0.15, -0.1) is 0 Å². The molecule has 1 atom stereocenters. The monoisotopic (exact) mass is 199 g/mol. The lowest BCUT2D eigenvalue weighted by Crippen LogP contribution is -2.48. The summed E-state index contributed by atoms with van der Waals surface area (Å²) in [5, 5.41) is 3.59. The van der Waals surface area contributed by atoms with Crippen molar-refractivity contribution in [3.8, 4) is 0 Å². The SMILES string of the molecule is CCNC(C(C)C)C1CC(OCC)C1. The standard InChI is InChI=1S/C12H25NO/c1-5-13-12(9(3)4)10-7-11(8-10)14-6-2/h9-13H,5-8H2,1-4H3. The molecule has 1 saturated carbocycles. The van der Waals surface area contributed by atoms with E-state index in [4.69, 9.17) is 4.74 Å². The van der Waals surface area contributed by atoms with Gasteiger partial charge in [0, 0.05) is 12.6 Å². The summed E-state index contributed by atoms with van der Waals surface area (Å²) in [6, 6.07) is 0.691. The fourth-order valence-corrected chi connectivity index (χ4v) is 2.45. The highest BCUT2D eigenvalue weighted by Crippen LogP contribution is 2.35. The third-order valence-electron chi connectivity index (χ3n) is 3.20. The quantitative estimate of drug-likeness (QED) is 0.709. The van der Waals surface area contributed by atoms with Gasteiger partial charge in [-0.25, -0.2) is 0 Å². The van der Waals surface area contributed by atoms with Crippen LogP contribution in [-0.2, 0) is 4.74 Å². The van der Waals surface area contributed by atoms with Gasteiger partial charge in [0.05, 0.1) is 6.10 Å². The summed E-state index contributed by atoms with van der Waals surface area (Å²) in [7, 11) is 0. The van der Waals surface area contributed by atoms with E-state index in [0.717, 1.165) is 25.0 Å². The second-order valence-electron chi connectivity index (χ2n) is 4.64. The van der Waals surface area contributed by atoms with Gasteiger partial charge in [0.2, 0.25) is 0 Å². The first-order valence-electron chi connectivity index (χ1n) is 6.04. The lowest BCUT2D eigenvalue weighted by molar-refractivity contribution is -0.0398.